The van der Waals surface area contributed by atoms with E-state index in [4.69, 9.17) is 11.6 Å². The summed E-state index contributed by atoms with van der Waals surface area (Å²) in [5, 5.41) is 5.51. The van der Waals surface area contributed by atoms with Crippen molar-refractivity contribution in [3.8, 4) is 0 Å². The van der Waals surface area contributed by atoms with E-state index in [-0.39, 0.29) is 11.3 Å². The predicted octanol–water partition coefficient (Wildman–Crippen LogP) is 2.97. The summed E-state index contributed by atoms with van der Waals surface area (Å²) in [4.78, 5) is 12.3. The molecule has 0 fully saturated rings. The van der Waals surface area contributed by atoms with Crippen LogP contribution in [0.2, 0.25) is 5.02 Å². The van der Waals surface area contributed by atoms with Gasteiger partial charge in [0.2, 0.25) is 0 Å². The summed E-state index contributed by atoms with van der Waals surface area (Å²) in [6, 6.07) is 1.75. The first kappa shape index (κ1) is 11.7. The molecule has 2 nitrogen and oxygen atoms in total. The van der Waals surface area contributed by atoms with Crippen LogP contribution in [0.25, 0.3) is 0 Å². The number of hydrogen-bond donors (Lipinski definition) is 1. The maximum atomic E-state index is 11.6. The molecule has 0 radical (unpaired) electrons. The zero-order valence-electron chi connectivity index (χ0n) is 8.56. The van der Waals surface area contributed by atoms with Gasteiger partial charge in [-0.15, -0.1) is 11.3 Å². The van der Waals surface area contributed by atoms with Gasteiger partial charge in [0, 0.05) is 5.54 Å². The number of nitrogens with one attached hydrogen (secondary N) is 1. The minimum absolute atomic E-state index is 0.0423. The molecule has 14 heavy (non-hydrogen) atoms. The lowest BCUT2D eigenvalue weighted by molar-refractivity contribution is 0.0986. The Bertz CT molecular complexity index is 327. The molecule has 1 aromatic heterocycles. The highest BCUT2D eigenvalue weighted by Gasteiger charge is 2.15. The lowest BCUT2D eigenvalue weighted by Gasteiger charge is -2.19. The Morgan fingerprint density at radius 3 is 2.64 bits per heavy atom. The van der Waals surface area contributed by atoms with Crippen molar-refractivity contribution >= 4 is 28.7 Å². The Labute approximate surface area is 93.3 Å². The largest absolute Gasteiger partial charge is 0.305 e. The highest BCUT2D eigenvalue weighted by Crippen LogP contribution is 2.22. The van der Waals surface area contributed by atoms with Crippen LogP contribution in [0.4, 0.5) is 0 Å². The van der Waals surface area contributed by atoms with Crippen molar-refractivity contribution in [2.75, 3.05) is 6.54 Å². The average molecular weight is 232 g/mol. The SMILES string of the molecule is CC(C)(C)NCC(=O)c1sccc1Cl. The van der Waals surface area contributed by atoms with Crippen LogP contribution < -0.4 is 5.32 Å². The molecule has 0 aliphatic carbocycles. The molecule has 0 spiro atoms. The highest BCUT2D eigenvalue weighted by atomic mass is 35.5. The maximum Gasteiger partial charge on any atom is 0.188 e. The molecule has 78 valence electrons. The van der Waals surface area contributed by atoms with Crippen LogP contribution in [-0.4, -0.2) is 17.9 Å². The number of hydrogen-bond acceptors (Lipinski definition) is 3. The van der Waals surface area contributed by atoms with E-state index in [2.05, 4.69) is 5.32 Å². The molecule has 0 bridgehead atoms. The smallest absolute Gasteiger partial charge is 0.188 e. The second-order valence-corrected chi connectivity index (χ2v) is 5.45. The van der Waals surface area contributed by atoms with Crippen molar-refractivity contribution in [2.24, 2.45) is 0 Å². The molecule has 1 aromatic rings. The summed E-state index contributed by atoms with van der Waals surface area (Å²) in [7, 11) is 0. The second-order valence-electron chi connectivity index (χ2n) is 4.12. The molecule has 1 N–H and O–H groups in total. The van der Waals surface area contributed by atoms with E-state index in [1.165, 1.54) is 11.3 Å². The number of carbonyl (C=O) groups is 1. The first-order valence-corrected chi connectivity index (χ1v) is 5.67. The highest BCUT2D eigenvalue weighted by molar-refractivity contribution is 7.12. The van der Waals surface area contributed by atoms with Gasteiger partial charge < -0.3 is 5.32 Å². The van der Waals surface area contributed by atoms with Gasteiger partial charge in [0.05, 0.1) is 16.4 Å². The first-order chi connectivity index (χ1) is 6.40. The Hall–Kier alpha value is -0.380. The van der Waals surface area contributed by atoms with Gasteiger partial charge in [-0.3, -0.25) is 4.79 Å². The fourth-order valence-electron chi connectivity index (χ4n) is 0.918. The van der Waals surface area contributed by atoms with Gasteiger partial charge in [0.25, 0.3) is 0 Å². The summed E-state index contributed by atoms with van der Waals surface area (Å²) >= 11 is 7.23. The number of carbonyl (C=O) groups excluding carboxylic acids is 1. The molecule has 0 unspecified atom stereocenters. The molecule has 0 atom stereocenters. The van der Waals surface area contributed by atoms with Gasteiger partial charge in [0.15, 0.2) is 5.78 Å². The van der Waals surface area contributed by atoms with Gasteiger partial charge in [-0.2, -0.15) is 0 Å². The minimum Gasteiger partial charge on any atom is -0.305 e. The topological polar surface area (TPSA) is 29.1 Å². The van der Waals surface area contributed by atoms with E-state index in [1.807, 2.05) is 26.2 Å². The summed E-state index contributed by atoms with van der Waals surface area (Å²) in [6.45, 7) is 6.41. The Morgan fingerprint density at radius 1 is 1.57 bits per heavy atom. The number of thiophene rings is 1. The zero-order valence-corrected chi connectivity index (χ0v) is 10.1. The lowest BCUT2D eigenvalue weighted by Crippen LogP contribution is -2.39. The molecule has 0 aliphatic rings. The van der Waals surface area contributed by atoms with Crippen LogP contribution in [0.3, 0.4) is 0 Å². The Kier molecular flexibility index (Phi) is 3.70. The van der Waals surface area contributed by atoms with Gasteiger partial charge in [-0.1, -0.05) is 11.6 Å². The maximum absolute atomic E-state index is 11.6. The predicted molar refractivity (Wildman–Crippen MR) is 61.4 cm³/mol. The van der Waals surface area contributed by atoms with Crippen LogP contribution in [0.1, 0.15) is 30.4 Å². The number of ketones is 1. The summed E-state index contributed by atoms with van der Waals surface area (Å²) in [5.41, 5.74) is -0.0423. The van der Waals surface area contributed by atoms with Gasteiger partial charge >= 0.3 is 0 Å². The summed E-state index contributed by atoms with van der Waals surface area (Å²) in [5.74, 6) is 0.0555. The molecule has 0 aromatic carbocycles. The van der Waals surface area contributed by atoms with Crippen molar-refractivity contribution < 1.29 is 4.79 Å². The molecular formula is C10H14ClNOS. The van der Waals surface area contributed by atoms with E-state index in [0.29, 0.717) is 16.4 Å². The van der Waals surface area contributed by atoms with E-state index >= 15 is 0 Å². The van der Waals surface area contributed by atoms with Crippen molar-refractivity contribution in [2.45, 2.75) is 26.3 Å². The number of Topliss-reactive ketones (excluding diaryl/α,β-unsaturated/α-hetero) is 1. The van der Waals surface area contributed by atoms with Crippen molar-refractivity contribution in [1.29, 1.82) is 0 Å². The zero-order chi connectivity index (χ0) is 10.8. The van der Waals surface area contributed by atoms with Crippen LogP contribution in [-0.2, 0) is 0 Å². The Morgan fingerprint density at radius 2 is 2.21 bits per heavy atom. The van der Waals surface area contributed by atoms with E-state index in [0.717, 1.165) is 0 Å². The second kappa shape index (κ2) is 4.43. The number of halogens is 1. The van der Waals surface area contributed by atoms with Crippen LogP contribution in [0.5, 0.6) is 0 Å². The van der Waals surface area contributed by atoms with Crippen molar-refractivity contribution in [3.05, 3.63) is 21.3 Å². The molecule has 0 amide bonds. The molecule has 1 heterocycles. The normalized spacial score (nSPS) is 11.7. The molecule has 0 saturated carbocycles. The molecule has 1 rings (SSSR count). The first-order valence-electron chi connectivity index (χ1n) is 4.41. The number of rotatable bonds is 3. The summed E-state index contributed by atoms with van der Waals surface area (Å²) < 4.78 is 0. The molecule has 4 heteroatoms. The quantitative estimate of drug-likeness (QED) is 0.811. The Balaban J connectivity index is 2.56. The van der Waals surface area contributed by atoms with Gasteiger partial charge in [0.1, 0.15) is 0 Å². The standard InChI is InChI=1S/C10H14ClNOS/c1-10(2,3)12-6-8(13)9-7(11)4-5-14-9/h4-5,12H,6H2,1-3H3. The van der Waals surface area contributed by atoms with E-state index in [1.54, 1.807) is 6.07 Å². The third-order valence-electron chi connectivity index (χ3n) is 1.65. The van der Waals surface area contributed by atoms with Crippen molar-refractivity contribution in [1.82, 2.24) is 5.32 Å². The monoisotopic (exact) mass is 231 g/mol. The van der Waals surface area contributed by atoms with E-state index < -0.39 is 0 Å². The third-order valence-corrected chi connectivity index (χ3v) is 3.03. The van der Waals surface area contributed by atoms with Crippen LogP contribution in [0.15, 0.2) is 11.4 Å². The fraction of sp³-hybridized carbons (Fsp3) is 0.500. The van der Waals surface area contributed by atoms with Crippen molar-refractivity contribution in [3.63, 3.8) is 0 Å². The average Bonchev–Trinajstić information content (AvgIpc) is 2.46. The van der Waals surface area contributed by atoms with Crippen LogP contribution in [0, 0.1) is 0 Å². The summed E-state index contributed by atoms with van der Waals surface area (Å²) in [6.07, 6.45) is 0. The lowest BCUT2D eigenvalue weighted by atomic mass is 10.1. The minimum atomic E-state index is -0.0423. The van der Waals surface area contributed by atoms with Gasteiger partial charge in [-0.05, 0) is 32.2 Å². The fourth-order valence-corrected chi connectivity index (χ4v) is 2.02. The van der Waals surface area contributed by atoms with Gasteiger partial charge in [-0.25, -0.2) is 0 Å². The van der Waals surface area contributed by atoms with Crippen LogP contribution >= 0.6 is 22.9 Å². The molecular weight excluding hydrogens is 218 g/mol. The third kappa shape index (κ3) is 3.40. The molecule has 0 aliphatic heterocycles. The molecule has 0 saturated heterocycles. The van der Waals surface area contributed by atoms with E-state index in [9.17, 15) is 4.79 Å².